The molecule has 0 bridgehead atoms. The molecular formula is C24H20O4. The fraction of sp³-hybridized carbons (Fsp3) is 0.125. The van der Waals surface area contributed by atoms with Gasteiger partial charge in [-0.15, -0.1) is 0 Å². The summed E-state index contributed by atoms with van der Waals surface area (Å²) in [7, 11) is 3.16. The predicted octanol–water partition coefficient (Wildman–Crippen LogP) is 5.15. The molecule has 4 heteroatoms. The average molecular weight is 372 g/mol. The number of cyclic esters (lactones) is 1. The van der Waals surface area contributed by atoms with Crippen molar-refractivity contribution in [2.45, 2.75) is 6.92 Å². The molecule has 0 radical (unpaired) electrons. The maximum absolute atomic E-state index is 12.4. The van der Waals surface area contributed by atoms with Gasteiger partial charge in [0.1, 0.15) is 5.76 Å². The van der Waals surface area contributed by atoms with Crippen molar-refractivity contribution >= 4 is 28.6 Å². The summed E-state index contributed by atoms with van der Waals surface area (Å²) in [6.07, 6.45) is 3.51. The topological polar surface area (TPSA) is 44.8 Å². The fourth-order valence-electron chi connectivity index (χ4n) is 3.34. The number of carbonyl (C=O) groups is 1. The van der Waals surface area contributed by atoms with Gasteiger partial charge in [-0.25, -0.2) is 4.79 Å². The highest BCUT2D eigenvalue weighted by Gasteiger charge is 2.23. The molecule has 1 aliphatic rings. The highest BCUT2D eigenvalue weighted by Crippen LogP contribution is 2.35. The minimum atomic E-state index is -0.385. The quantitative estimate of drug-likeness (QED) is 0.469. The predicted molar refractivity (Wildman–Crippen MR) is 110 cm³/mol. The Morgan fingerprint density at radius 1 is 0.929 bits per heavy atom. The Kier molecular flexibility index (Phi) is 4.62. The minimum Gasteiger partial charge on any atom is -0.493 e. The number of rotatable bonds is 4. The van der Waals surface area contributed by atoms with Crippen LogP contribution in [0.25, 0.3) is 22.6 Å². The summed E-state index contributed by atoms with van der Waals surface area (Å²) in [5, 5.41) is 2.26. The second kappa shape index (κ2) is 7.24. The van der Waals surface area contributed by atoms with Crippen molar-refractivity contribution in [1.82, 2.24) is 0 Å². The molecule has 1 heterocycles. The minimum absolute atomic E-state index is 0.385. The van der Waals surface area contributed by atoms with Crippen LogP contribution >= 0.6 is 0 Å². The maximum atomic E-state index is 12.4. The summed E-state index contributed by atoms with van der Waals surface area (Å²) < 4.78 is 16.3. The molecule has 0 fully saturated rings. The summed E-state index contributed by atoms with van der Waals surface area (Å²) in [5.41, 5.74) is 3.29. The molecular weight excluding hydrogens is 352 g/mol. The molecule has 3 aromatic rings. The van der Waals surface area contributed by atoms with Crippen molar-refractivity contribution in [2.24, 2.45) is 0 Å². The highest BCUT2D eigenvalue weighted by atomic mass is 16.5. The number of fused-ring (bicyclic) bond motifs is 1. The zero-order chi connectivity index (χ0) is 19.7. The molecule has 0 saturated heterocycles. The molecule has 0 saturated carbocycles. The van der Waals surface area contributed by atoms with E-state index in [1.54, 1.807) is 26.4 Å². The third-order valence-corrected chi connectivity index (χ3v) is 4.75. The number of esters is 1. The van der Waals surface area contributed by atoms with E-state index >= 15 is 0 Å². The van der Waals surface area contributed by atoms with Gasteiger partial charge in [-0.3, -0.25) is 0 Å². The molecule has 0 N–H and O–H groups in total. The first-order valence-electron chi connectivity index (χ1n) is 8.96. The van der Waals surface area contributed by atoms with E-state index in [0.29, 0.717) is 22.8 Å². The van der Waals surface area contributed by atoms with Gasteiger partial charge in [0, 0.05) is 11.1 Å². The largest absolute Gasteiger partial charge is 0.493 e. The molecule has 3 aromatic carbocycles. The van der Waals surface area contributed by atoms with Crippen molar-refractivity contribution in [2.75, 3.05) is 14.2 Å². The van der Waals surface area contributed by atoms with E-state index in [9.17, 15) is 4.79 Å². The van der Waals surface area contributed by atoms with E-state index in [2.05, 4.69) is 25.1 Å². The number of benzene rings is 3. The van der Waals surface area contributed by atoms with Gasteiger partial charge in [-0.05, 0) is 42.0 Å². The molecule has 0 aliphatic carbocycles. The monoisotopic (exact) mass is 372 g/mol. The van der Waals surface area contributed by atoms with Crippen LogP contribution in [0, 0.1) is 6.92 Å². The number of para-hydroxylation sites is 1. The molecule has 28 heavy (non-hydrogen) atoms. The van der Waals surface area contributed by atoms with Crippen molar-refractivity contribution in [3.05, 3.63) is 82.9 Å². The van der Waals surface area contributed by atoms with Crippen LogP contribution in [0.2, 0.25) is 0 Å². The number of ether oxygens (including phenoxy) is 3. The van der Waals surface area contributed by atoms with Gasteiger partial charge in [0.2, 0.25) is 0 Å². The molecule has 0 amide bonds. The third-order valence-electron chi connectivity index (χ3n) is 4.75. The zero-order valence-electron chi connectivity index (χ0n) is 16.0. The average Bonchev–Trinajstić information content (AvgIpc) is 3.07. The standard InChI is InChI=1S/C24H20O4/c1-15-7-8-17-12-18(10-9-16(17)11-15)22-14-20(24(25)28-22)13-19-5-4-6-21(26-2)23(19)27-3/h4-14H,1-3H3. The van der Waals surface area contributed by atoms with Gasteiger partial charge < -0.3 is 14.2 Å². The van der Waals surface area contributed by atoms with Gasteiger partial charge in [-0.1, -0.05) is 48.0 Å². The molecule has 0 aromatic heterocycles. The fourth-order valence-corrected chi connectivity index (χ4v) is 3.34. The maximum Gasteiger partial charge on any atom is 0.343 e. The van der Waals surface area contributed by atoms with Gasteiger partial charge in [0.05, 0.1) is 19.8 Å². The summed E-state index contributed by atoms with van der Waals surface area (Å²) in [6, 6.07) is 17.8. The first-order valence-corrected chi connectivity index (χ1v) is 8.96. The Morgan fingerprint density at radius 2 is 1.71 bits per heavy atom. The molecule has 0 unspecified atom stereocenters. The van der Waals surface area contributed by atoms with Gasteiger partial charge in [0.25, 0.3) is 0 Å². The number of methoxy groups -OCH3 is 2. The summed E-state index contributed by atoms with van der Waals surface area (Å²) in [6.45, 7) is 2.07. The number of aryl methyl sites for hydroxylation is 1. The van der Waals surface area contributed by atoms with E-state index in [4.69, 9.17) is 14.2 Å². The van der Waals surface area contributed by atoms with Gasteiger partial charge in [-0.2, -0.15) is 0 Å². The van der Waals surface area contributed by atoms with Crippen molar-refractivity contribution < 1.29 is 19.0 Å². The normalized spacial score (nSPS) is 14.9. The van der Waals surface area contributed by atoms with Crippen LogP contribution in [0.15, 0.2) is 66.2 Å². The smallest absolute Gasteiger partial charge is 0.343 e. The Hall–Kier alpha value is -3.53. The van der Waals surface area contributed by atoms with E-state index < -0.39 is 0 Å². The van der Waals surface area contributed by atoms with Crippen molar-refractivity contribution in [3.8, 4) is 11.5 Å². The molecule has 4 nitrogen and oxygen atoms in total. The van der Waals surface area contributed by atoms with E-state index in [1.165, 1.54) is 5.56 Å². The van der Waals surface area contributed by atoms with Crippen LogP contribution in [0.5, 0.6) is 11.5 Å². The van der Waals surface area contributed by atoms with E-state index in [0.717, 1.165) is 21.9 Å². The Bertz CT molecular complexity index is 1140. The Morgan fingerprint density at radius 3 is 2.50 bits per heavy atom. The van der Waals surface area contributed by atoms with Crippen molar-refractivity contribution in [3.63, 3.8) is 0 Å². The molecule has 140 valence electrons. The van der Waals surface area contributed by atoms with E-state index in [-0.39, 0.29) is 5.97 Å². The lowest BCUT2D eigenvalue weighted by atomic mass is 10.0. The summed E-state index contributed by atoms with van der Waals surface area (Å²) in [4.78, 5) is 12.4. The first-order chi connectivity index (χ1) is 13.6. The third kappa shape index (κ3) is 3.25. The molecule has 1 aliphatic heterocycles. The van der Waals surface area contributed by atoms with Crippen molar-refractivity contribution in [1.29, 1.82) is 0 Å². The SMILES string of the molecule is COc1cccc(C=C2C=C(c3ccc4cc(C)ccc4c3)OC2=O)c1OC. The van der Waals surface area contributed by atoms with Gasteiger partial charge in [0.15, 0.2) is 11.5 Å². The summed E-state index contributed by atoms with van der Waals surface area (Å²) >= 11 is 0. The lowest BCUT2D eigenvalue weighted by Crippen LogP contribution is -1.98. The Balaban J connectivity index is 1.73. The number of hydrogen-bond donors (Lipinski definition) is 0. The van der Waals surface area contributed by atoms with Crippen LogP contribution in [0.1, 0.15) is 16.7 Å². The second-order valence-electron chi connectivity index (χ2n) is 6.65. The van der Waals surface area contributed by atoms with Crippen LogP contribution in [0.4, 0.5) is 0 Å². The summed E-state index contributed by atoms with van der Waals surface area (Å²) in [5.74, 6) is 1.34. The van der Waals surface area contributed by atoms with Crippen LogP contribution < -0.4 is 9.47 Å². The molecule has 0 atom stereocenters. The first kappa shape index (κ1) is 17.9. The van der Waals surface area contributed by atoms with Gasteiger partial charge >= 0.3 is 5.97 Å². The molecule has 4 rings (SSSR count). The van der Waals surface area contributed by atoms with Crippen LogP contribution in [-0.4, -0.2) is 20.2 Å². The molecule has 0 spiro atoms. The second-order valence-corrected chi connectivity index (χ2v) is 6.65. The Labute approximate surface area is 163 Å². The highest BCUT2D eigenvalue weighted by molar-refractivity contribution is 6.05. The van der Waals surface area contributed by atoms with Crippen LogP contribution in [-0.2, 0) is 9.53 Å². The van der Waals surface area contributed by atoms with Crippen LogP contribution in [0.3, 0.4) is 0 Å². The van der Waals surface area contributed by atoms with E-state index in [1.807, 2.05) is 36.4 Å². The lowest BCUT2D eigenvalue weighted by Gasteiger charge is -2.10. The lowest BCUT2D eigenvalue weighted by molar-refractivity contribution is -0.130. The number of hydrogen-bond acceptors (Lipinski definition) is 4. The zero-order valence-corrected chi connectivity index (χ0v) is 16.0. The number of carbonyl (C=O) groups excluding carboxylic acids is 1.